The molecule has 0 rings (SSSR count). The largest absolute Gasteiger partial charge is 0.370 e. The number of guanidine groups is 1. The molecule has 1 unspecified atom stereocenters. The smallest absolute Gasteiger partial charge is 0.233 e. The Kier molecular flexibility index (Phi) is 13.6. The maximum atomic E-state index is 11.9. The van der Waals surface area contributed by atoms with Gasteiger partial charge in [-0.05, 0) is 25.9 Å². The van der Waals surface area contributed by atoms with Crippen LogP contribution in [0, 0.1) is 0 Å². The van der Waals surface area contributed by atoms with Gasteiger partial charge in [0.25, 0.3) is 0 Å². The van der Waals surface area contributed by atoms with E-state index < -0.39 is 0 Å². The highest BCUT2D eigenvalue weighted by Gasteiger charge is 2.13. The SMILES string of the molecule is CCN(CC)CCNCCNC(=O)C(I)CCCN=C(N)N. The van der Waals surface area contributed by atoms with Gasteiger partial charge >= 0.3 is 0 Å². The number of carbonyl (C=O) groups excluding carboxylic acids is 1. The molecule has 0 fully saturated rings. The second-order valence-corrected chi connectivity index (χ2v) is 6.49. The fourth-order valence-electron chi connectivity index (χ4n) is 1.90. The minimum absolute atomic E-state index is 0.0394. The van der Waals surface area contributed by atoms with E-state index in [1.165, 1.54) is 0 Å². The number of halogens is 1. The van der Waals surface area contributed by atoms with Crippen LogP contribution in [0.2, 0.25) is 0 Å². The van der Waals surface area contributed by atoms with Crippen molar-refractivity contribution in [2.75, 3.05) is 45.8 Å². The summed E-state index contributed by atoms with van der Waals surface area (Å²) in [5.41, 5.74) is 10.5. The van der Waals surface area contributed by atoms with Crippen LogP contribution in [-0.2, 0) is 4.79 Å². The number of carbonyl (C=O) groups is 1. The number of likely N-dealkylation sites (N-methyl/N-ethyl adjacent to an activating group) is 1. The maximum Gasteiger partial charge on any atom is 0.233 e. The second kappa shape index (κ2) is 14.0. The first-order chi connectivity index (χ1) is 10.5. The summed E-state index contributed by atoms with van der Waals surface area (Å²) in [7, 11) is 0. The van der Waals surface area contributed by atoms with Crippen LogP contribution in [-0.4, -0.2) is 66.5 Å². The van der Waals surface area contributed by atoms with E-state index in [-0.39, 0.29) is 15.8 Å². The van der Waals surface area contributed by atoms with E-state index in [1.807, 2.05) is 0 Å². The molecule has 0 bridgehead atoms. The Morgan fingerprint density at radius 2 is 1.91 bits per heavy atom. The Hall–Kier alpha value is -0.610. The molecule has 8 heteroatoms. The first-order valence-electron chi connectivity index (χ1n) is 7.91. The molecule has 130 valence electrons. The molecule has 0 aliphatic carbocycles. The van der Waals surface area contributed by atoms with E-state index in [4.69, 9.17) is 11.5 Å². The summed E-state index contributed by atoms with van der Waals surface area (Å²) in [5, 5.41) is 6.28. The number of amides is 1. The maximum absolute atomic E-state index is 11.9. The van der Waals surface area contributed by atoms with E-state index in [2.05, 4.69) is 57.0 Å². The van der Waals surface area contributed by atoms with E-state index in [0.717, 1.165) is 45.6 Å². The van der Waals surface area contributed by atoms with Crippen LogP contribution in [0.3, 0.4) is 0 Å². The van der Waals surface area contributed by atoms with Crippen molar-refractivity contribution >= 4 is 34.5 Å². The third-order valence-electron chi connectivity index (χ3n) is 3.29. The summed E-state index contributed by atoms with van der Waals surface area (Å²) in [6.45, 7) is 10.5. The van der Waals surface area contributed by atoms with Gasteiger partial charge < -0.3 is 27.0 Å². The fraction of sp³-hybridized carbons (Fsp3) is 0.857. The third-order valence-corrected chi connectivity index (χ3v) is 4.48. The van der Waals surface area contributed by atoms with Gasteiger partial charge in [-0.1, -0.05) is 36.4 Å². The van der Waals surface area contributed by atoms with Gasteiger partial charge in [0, 0.05) is 32.7 Å². The summed E-state index contributed by atoms with van der Waals surface area (Å²) in [6.07, 6.45) is 1.58. The Bertz CT molecular complexity index is 318. The molecule has 1 atom stereocenters. The quantitative estimate of drug-likeness (QED) is 0.108. The lowest BCUT2D eigenvalue weighted by Gasteiger charge is -2.18. The molecule has 0 aromatic carbocycles. The zero-order valence-electron chi connectivity index (χ0n) is 13.8. The van der Waals surface area contributed by atoms with Gasteiger partial charge in [-0.2, -0.15) is 0 Å². The van der Waals surface area contributed by atoms with Crippen molar-refractivity contribution in [3.63, 3.8) is 0 Å². The molecule has 0 spiro atoms. The standard InChI is InChI=1S/C14H31IN6O/c1-3-21(4-2)11-10-18-8-9-19-13(22)12(15)6-5-7-20-14(16)17/h12,18H,3-11H2,1-2H3,(H,19,22)(H4,16,17,20). The molecular formula is C14H31IN6O. The van der Waals surface area contributed by atoms with Gasteiger partial charge in [-0.3, -0.25) is 9.79 Å². The number of alkyl halides is 1. The average Bonchev–Trinajstić information content (AvgIpc) is 2.50. The van der Waals surface area contributed by atoms with Crippen LogP contribution in [0.1, 0.15) is 26.7 Å². The van der Waals surface area contributed by atoms with Gasteiger partial charge in [0.2, 0.25) is 5.91 Å². The summed E-state index contributed by atoms with van der Waals surface area (Å²) in [4.78, 5) is 18.1. The number of nitrogens with two attached hydrogens (primary N) is 2. The minimum atomic E-state index is -0.0394. The highest BCUT2D eigenvalue weighted by Crippen LogP contribution is 2.08. The van der Waals surface area contributed by atoms with Crippen molar-refractivity contribution in [1.29, 1.82) is 0 Å². The normalized spacial score (nSPS) is 12.2. The van der Waals surface area contributed by atoms with E-state index in [9.17, 15) is 4.79 Å². The van der Waals surface area contributed by atoms with Crippen molar-refractivity contribution in [3.05, 3.63) is 0 Å². The summed E-state index contributed by atoms with van der Waals surface area (Å²) < 4.78 is -0.0394. The molecule has 6 N–H and O–H groups in total. The van der Waals surface area contributed by atoms with Crippen LogP contribution in [0.25, 0.3) is 0 Å². The molecule has 0 aliphatic rings. The molecule has 22 heavy (non-hydrogen) atoms. The molecule has 0 radical (unpaired) electrons. The van der Waals surface area contributed by atoms with Gasteiger partial charge in [0.15, 0.2) is 5.96 Å². The monoisotopic (exact) mass is 426 g/mol. The lowest BCUT2D eigenvalue weighted by molar-refractivity contribution is -0.120. The lowest BCUT2D eigenvalue weighted by Crippen LogP contribution is -2.38. The lowest BCUT2D eigenvalue weighted by atomic mass is 10.2. The molecule has 0 aromatic heterocycles. The highest BCUT2D eigenvalue weighted by atomic mass is 127. The van der Waals surface area contributed by atoms with E-state index in [0.29, 0.717) is 13.1 Å². The summed E-state index contributed by atoms with van der Waals surface area (Å²) >= 11 is 2.16. The number of hydrogen-bond donors (Lipinski definition) is 4. The highest BCUT2D eigenvalue weighted by molar-refractivity contribution is 14.1. The third kappa shape index (κ3) is 12.0. The Labute approximate surface area is 147 Å². The van der Waals surface area contributed by atoms with Crippen LogP contribution < -0.4 is 22.1 Å². The fourth-order valence-corrected chi connectivity index (χ4v) is 2.56. The number of nitrogens with zero attached hydrogens (tertiary/aromatic N) is 2. The summed E-state index contributed by atoms with van der Waals surface area (Å²) in [5.74, 6) is 0.182. The van der Waals surface area contributed by atoms with Gasteiger partial charge in [-0.15, -0.1) is 0 Å². The zero-order valence-corrected chi connectivity index (χ0v) is 15.9. The number of aliphatic imine (C=N–C) groups is 1. The molecule has 0 saturated heterocycles. The molecule has 7 nitrogen and oxygen atoms in total. The van der Waals surface area contributed by atoms with Crippen LogP contribution >= 0.6 is 22.6 Å². The van der Waals surface area contributed by atoms with Crippen molar-refractivity contribution in [3.8, 4) is 0 Å². The summed E-state index contributed by atoms with van der Waals surface area (Å²) in [6, 6.07) is 0. The number of nitrogens with one attached hydrogen (secondary N) is 2. The molecule has 0 saturated carbocycles. The van der Waals surface area contributed by atoms with Crippen LogP contribution in [0.4, 0.5) is 0 Å². The number of hydrogen-bond acceptors (Lipinski definition) is 4. The van der Waals surface area contributed by atoms with Gasteiger partial charge in [0.05, 0.1) is 3.92 Å². The molecular weight excluding hydrogens is 395 g/mol. The second-order valence-electron chi connectivity index (χ2n) is 4.98. The molecule has 0 heterocycles. The van der Waals surface area contributed by atoms with Crippen LogP contribution in [0.5, 0.6) is 0 Å². The average molecular weight is 426 g/mol. The topological polar surface area (TPSA) is 109 Å². The Morgan fingerprint density at radius 3 is 2.50 bits per heavy atom. The molecule has 0 aromatic rings. The van der Waals surface area contributed by atoms with E-state index in [1.54, 1.807) is 0 Å². The minimum Gasteiger partial charge on any atom is -0.370 e. The molecule has 0 aliphatic heterocycles. The number of rotatable bonds is 13. The Morgan fingerprint density at radius 1 is 1.23 bits per heavy atom. The van der Waals surface area contributed by atoms with Crippen molar-refractivity contribution < 1.29 is 4.79 Å². The van der Waals surface area contributed by atoms with Crippen LogP contribution in [0.15, 0.2) is 4.99 Å². The zero-order chi connectivity index (χ0) is 16.8. The first-order valence-corrected chi connectivity index (χ1v) is 9.16. The predicted molar refractivity (Wildman–Crippen MR) is 101 cm³/mol. The van der Waals surface area contributed by atoms with Crippen molar-refractivity contribution in [2.45, 2.75) is 30.6 Å². The van der Waals surface area contributed by atoms with Gasteiger partial charge in [-0.25, -0.2) is 0 Å². The molecule has 1 amide bonds. The predicted octanol–water partition coefficient (Wildman–Crippen LogP) is -0.109. The Balaban J connectivity index is 3.57. The van der Waals surface area contributed by atoms with Crippen molar-refractivity contribution in [1.82, 2.24) is 15.5 Å². The first kappa shape index (κ1) is 21.4. The van der Waals surface area contributed by atoms with Crippen molar-refractivity contribution in [2.24, 2.45) is 16.5 Å². The van der Waals surface area contributed by atoms with Gasteiger partial charge in [0.1, 0.15) is 0 Å². The van der Waals surface area contributed by atoms with E-state index >= 15 is 0 Å².